The summed E-state index contributed by atoms with van der Waals surface area (Å²) < 4.78 is 7.67. The Morgan fingerprint density at radius 3 is 2.58 bits per heavy atom. The number of aryl methyl sites for hydroxylation is 1. The molecule has 2 fully saturated rings. The molecule has 3 heterocycles. The molecule has 204 valence electrons. The maximum Gasteiger partial charge on any atom is 0.254 e. The number of hydrogen-bond donors (Lipinski definition) is 3. The van der Waals surface area contributed by atoms with Crippen LogP contribution in [0.2, 0.25) is 0 Å². The second-order valence-corrected chi connectivity index (χ2v) is 11.9. The van der Waals surface area contributed by atoms with E-state index in [4.69, 9.17) is 4.74 Å². The van der Waals surface area contributed by atoms with Crippen molar-refractivity contribution in [2.45, 2.75) is 82.4 Å². The number of H-pyrrole nitrogens is 1. The van der Waals surface area contributed by atoms with E-state index < -0.39 is 0 Å². The monoisotopic (exact) mass is 536 g/mol. The number of para-hydroxylation sites is 1. The largest absolute Gasteiger partial charge is 0.378 e. The maximum absolute atomic E-state index is 13.6. The lowest BCUT2D eigenvalue weighted by atomic mass is 9.82. The summed E-state index contributed by atoms with van der Waals surface area (Å²) in [5, 5.41) is 7.76. The highest BCUT2D eigenvalue weighted by atomic mass is 32.2. The highest BCUT2D eigenvalue weighted by Crippen LogP contribution is 2.35. The van der Waals surface area contributed by atoms with Crippen LogP contribution in [0.4, 0.5) is 0 Å². The van der Waals surface area contributed by atoms with Gasteiger partial charge in [-0.25, -0.2) is 0 Å². The Labute approximate surface area is 229 Å². The average Bonchev–Trinajstić information content (AvgIpc) is 3.17. The fourth-order valence-corrected chi connectivity index (χ4v) is 7.06. The summed E-state index contributed by atoms with van der Waals surface area (Å²) in [5.41, 5.74) is 4.06. The molecular weight excluding hydrogens is 496 g/mol. The molecule has 3 aromatic rings. The van der Waals surface area contributed by atoms with Gasteiger partial charge in [0.1, 0.15) is 0 Å². The van der Waals surface area contributed by atoms with Crippen LogP contribution in [0.25, 0.3) is 10.9 Å². The van der Waals surface area contributed by atoms with E-state index in [1.54, 1.807) is 0 Å². The fourth-order valence-electron chi connectivity index (χ4n) is 6.36. The summed E-state index contributed by atoms with van der Waals surface area (Å²) in [5.74, 6) is 0.556. The zero-order chi connectivity index (χ0) is 26.8. The summed E-state index contributed by atoms with van der Waals surface area (Å²) >= 11 is 1.52. The number of aromatic nitrogens is 2. The summed E-state index contributed by atoms with van der Waals surface area (Å²) in [7, 11) is 0. The zero-order valence-electron chi connectivity index (χ0n) is 22.9. The van der Waals surface area contributed by atoms with E-state index in [0.29, 0.717) is 35.2 Å². The van der Waals surface area contributed by atoms with E-state index in [9.17, 15) is 9.59 Å². The van der Waals surface area contributed by atoms with Crippen LogP contribution >= 0.6 is 11.8 Å². The molecule has 1 atom stereocenters. The van der Waals surface area contributed by atoms with Gasteiger partial charge in [-0.3, -0.25) is 9.59 Å². The van der Waals surface area contributed by atoms with E-state index in [2.05, 4.69) is 40.1 Å². The summed E-state index contributed by atoms with van der Waals surface area (Å²) in [6.07, 6.45) is 7.99. The molecule has 8 heteroatoms. The molecule has 1 aliphatic heterocycles. The van der Waals surface area contributed by atoms with Crippen molar-refractivity contribution >= 4 is 28.6 Å². The van der Waals surface area contributed by atoms with Crippen molar-refractivity contribution in [3.63, 3.8) is 0 Å². The Bertz CT molecular complexity index is 1350. The number of pyridine rings is 1. The molecule has 1 aliphatic carbocycles. The number of ether oxygens (including phenoxy) is 1. The lowest BCUT2D eigenvalue weighted by molar-refractivity contribution is -0.0128. The van der Waals surface area contributed by atoms with Crippen molar-refractivity contribution in [2.24, 2.45) is 5.92 Å². The number of fused-ring (bicyclic) bond motifs is 1. The molecule has 3 N–H and O–H groups in total. The van der Waals surface area contributed by atoms with Crippen molar-refractivity contribution in [2.75, 3.05) is 19.5 Å². The number of amides is 1. The van der Waals surface area contributed by atoms with Crippen LogP contribution in [-0.2, 0) is 11.3 Å². The molecule has 1 aromatic carbocycles. The first-order valence-electron chi connectivity index (χ1n) is 13.8. The standard InChI is InChI=1S/C30H40N4O3S/c1-18-13-27(38-4)25(29(35)32-18)15-31-30(36)28-20(3)34(26-8-6-5-7-24(26)28)19(2)14-21-9-11-22(12-10-21)33-23-16-37-17-23/h5-8,13,19,21-23,33H,9-12,14-17H2,1-4H3,(H,31,36)(H,32,35)/t19-,21?,22?/m1/s1. The van der Waals surface area contributed by atoms with Crippen LogP contribution in [0.3, 0.4) is 0 Å². The van der Waals surface area contributed by atoms with Crippen LogP contribution in [0.5, 0.6) is 0 Å². The third-order valence-electron chi connectivity index (χ3n) is 8.33. The number of benzene rings is 1. The molecule has 0 radical (unpaired) electrons. The third-order valence-corrected chi connectivity index (χ3v) is 9.13. The molecule has 38 heavy (non-hydrogen) atoms. The van der Waals surface area contributed by atoms with Crippen molar-refractivity contribution in [1.82, 2.24) is 20.2 Å². The van der Waals surface area contributed by atoms with E-state index >= 15 is 0 Å². The number of thioether (sulfide) groups is 1. The second kappa shape index (κ2) is 11.7. The average molecular weight is 537 g/mol. The number of hydrogen-bond acceptors (Lipinski definition) is 5. The number of carbonyl (C=O) groups is 1. The van der Waals surface area contributed by atoms with Crippen molar-refractivity contribution in [1.29, 1.82) is 0 Å². The SMILES string of the molecule is CSc1cc(C)[nH]c(=O)c1CNC(=O)c1c(C)n([C@H](C)CC2CCC(NC3COC3)CC2)c2ccccc12. The molecule has 1 saturated carbocycles. The van der Waals surface area contributed by atoms with Gasteiger partial charge in [-0.1, -0.05) is 18.2 Å². The molecular formula is C30H40N4O3S. The van der Waals surface area contributed by atoms with Crippen LogP contribution in [0.15, 0.2) is 40.0 Å². The Morgan fingerprint density at radius 1 is 1.16 bits per heavy atom. The zero-order valence-corrected chi connectivity index (χ0v) is 23.7. The van der Waals surface area contributed by atoms with E-state index in [-0.39, 0.29) is 18.0 Å². The normalized spacial score (nSPS) is 20.8. The first-order chi connectivity index (χ1) is 18.4. The van der Waals surface area contributed by atoms with Gasteiger partial charge >= 0.3 is 0 Å². The van der Waals surface area contributed by atoms with Gasteiger partial charge in [0.2, 0.25) is 0 Å². The van der Waals surface area contributed by atoms with Gasteiger partial charge in [-0.2, -0.15) is 0 Å². The predicted octanol–water partition coefficient (Wildman–Crippen LogP) is 5.10. The smallest absolute Gasteiger partial charge is 0.254 e. The molecule has 0 bridgehead atoms. The van der Waals surface area contributed by atoms with Gasteiger partial charge in [0.05, 0.1) is 24.8 Å². The third kappa shape index (κ3) is 5.58. The number of nitrogens with one attached hydrogen (secondary N) is 3. The van der Waals surface area contributed by atoms with Crippen molar-refractivity contribution in [3.05, 3.63) is 63.2 Å². The molecule has 1 amide bonds. The van der Waals surface area contributed by atoms with Gasteiger partial charge < -0.3 is 24.9 Å². The summed E-state index contributed by atoms with van der Waals surface area (Å²) in [4.78, 5) is 29.9. The lowest BCUT2D eigenvalue weighted by Gasteiger charge is -2.36. The topological polar surface area (TPSA) is 88.2 Å². The quantitative estimate of drug-likeness (QED) is 0.331. The van der Waals surface area contributed by atoms with Gasteiger partial charge in [-0.05, 0) is 77.2 Å². The van der Waals surface area contributed by atoms with Gasteiger partial charge in [0.15, 0.2) is 0 Å². The van der Waals surface area contributed by atoms with E-state index in [1.165, 1.54) is 37.4 Å². The first-order valence-corrected chi connectivity index (χ1v) is 15.1. The Balaban J connectivity index is 1.31. The number of rotatable bonds is 9. The van der Waals surface area contributed by atoms with Gasteiger partial charge in [-0.15, -0.1) is 11.8 Å². The molecule has 0 unspecified atom stereocenters. The maximum atomic E-state index is 13.6. The van der Waals surface area contributed by atoms with E-state index in [1.807, 2.05) is 37.4 Å². The van der Waals surface area contributed by atoms with Crippen molar-refractivity contribution in [3.8, 4) is 0 Å². The molecule has 1 saturated heterocycles. The summed E-state index contributed by atoms with van der Waals surface area (Å²) in [6, 6.07) is 11.6. The Kier molecular flexibility index (Phi) is 8.31. The Morgan fingerprint density at radius 2 is 1.89 bits per heavy atom. The molecule has 5 rings (SSSR count). The molecule has 0 spiro atoms. The Hall–Kier alpha value is -2.55. The second-order valence-electron chi connectivity index (χ2n) is 11.1. The lowest BCUT2D eigenvalue weighted by Crippen LogP contribution is -2.51. The minimum Gasteiger partial charge on any atom is -0.378 e. The highest BCUT2D eigenvalue weighted by molar-refractivity contribution is 7.98. The molecule has 2 aliphatic rings. The predicted molar refractivity (Wildman–Crippen MR) is 154 cm³/mol. The minimum absolute atomic E-state index is 0.136. The van der Waals surface area contributed by atoms with Crippen LogP contribution in [-0.4, -0.2) is 47.0 Å². The minimum atomic E-state index is -0.145. The molecule has 2 aromatic heterocycles. The van der Waals surface area contributed by atoms with Crippen LogP contribution < -0.4 is 16.2 Å². The number of aromatic amines is 1. The summed E-state index contributed by atoms with van der Waals surface area (Å²) in [6.45, 7) is 8.12. The van der Waals surface area contributed by atoms with Crippen LogP contribution in [0, 0.1) is 19.8 Å². The van der Waals surface area contributed by atoms with Crippen LogP contribution in [0.1, 0.15) is 72.4 Å². The van der Waals surface area contributed by atoms with E-state index in [0.717, 1.165) is 46.8 Å². The van der Waals surface area contributed by atoms with Gasteiger partial charge in [0, 0.05) is 51.4 Å². The number of nitrogens with zero attached hydrogens (tertiary/aromatic N) is 1. The van der Waals surface area contributed by atoms with Gasteiger partial charge in [0.25, 0.3) is 11.5 Å². The fraction of sp³-hybridized carbons (Fsp3) is 0.533. The highest BCUT2D eigenvalue weighted by Gasteiger charge is 2.29. The molecule has 7 nitrogen and oxygen atoms in total. The number of carbonyl (C=O) groups excluding carboxylic acids is 1. The van der Waals surface area contributed by atoms with Crippen molar-refractivity contribution < 1.29 is 9.53 Å². The first kappa shape index (κ1) is 27.0.